The number of hydrogen-bond donors (Lipinski definition) is 2. The third-order valence-electron chi connectivity index (χ3n) is 2.24. The van der Waals surface area contributed by atoms with E-state index < -0.39 is 24.5 Å². The number of aliphatic hydroxyl groups excluding tert-OH is 1. The summed E-state index contributed by atoms with van der Waals surface area (Å²) in [5, 5.41) is 10.8. The SMILES string of the molecule is CC(CC(F)(F)F)NC(=O)c1ncccc1C#CCO. The second-order valence-electron chi connectivity index (χ2n) is 4.05. The fourth-order valence-electron chi connectivity index (χ4n) is 1.51. The molecule has 0 radical (unpaired) electrons. The van der Waals surface area contributed by atoms with Crippen molar-refractivity contribution >= 4 is 5.91 Å². The third kappa shape index (κ3) is 5.28. The molecule has 1 rings (SSSR count). The van der Waals surface area contributed by atoms with E-state index in [4.69, 9.17) is 5.11 Å². The van der Waals surface area contributed by atoms with Gasteiger partial charge in [0.1, 0.15) is 12.3 Å². The van der Waals surface area contributed by atoms with Crippen LogP contribution in [0.4, 0.5) is 13.2 Å². The van der Waals surface area contributed by atoms with E-state index in [9.17, 15) is 18.0 Å². The Morgan fingerprint density at radius 1 is 1.55 bits per heavy atom. The van der Waals surface area contributed by atoms with Gasteiger partial charge in [0, 0.05) is 12.2 Å². The van der Waals surface area contributed by atoms with Crippen LogP contribution in [0.1, 0.15) is 29.4 Å². The number of hydrogen-bond acceptors (Lipinski definition) is 3. The molecule has 0 fully saturated rings. The van der Waals surface area contributed by atoms with E-state index in [0.29, 0.717) is 0 Å². The van der Waals surface area contributed by atoms with Crippen molar-refractivity contribution in [3.05, 3.63) is 29.6 Å². The molecule has 0 aliphatic carbocycles. The summed E-state index contributed by atoms with van der Waals surface area (Å²) in [7, 11) is 0. The largest absolute Gasteiger partial charge is 0.391 e. The third-order valence-corrected chi connectivity index (χ3v) is 2.24. The smallest absolute Gasteiger partial charge is 0.384 e. The van der Waals surface area contributed by atoms with Crippen LogP contribution in [0.15, 0.2) is 18.3 Å². The Bertz CT molecular complexity index is 532. The molecule has 0 saturated heterocycles. The summed E-state index contributed by atoms with van der Waals surface area (Å²) in [6.45, 7) is 0.869. The van der Waals surface area contributed by atoms with E-state index in [2.05, 4.69) is 22.1 Å². The first kappa shape index (κ1) is 16.0. The number of amides is 1. The number of alkyl halides is 3. The summed E-state index contributed by atoms with van der Waals surface area (Å²) in [5.74, 6) is 4.14. The minimum Gasteiger partial charge on any atom is -0.384 e. The summed E-state index contributed by atoms with van der Waals surface area (Å²) in [5.41, 5.74) is 0.181. The van der Waals surface area contributed by atoms with Crippen molar-refractivity contribution < 1.29 is 23.1 Å². The normalized spacial score (nSPS) is 12.2. The fraction of sp³-hybridized carbons (Fsp3) is 0.385. The second kappa shape index (κ2) is 6.91. The number of aromatic nitrogens is 1. The number of rotatable bonds is 3. The molecule has 0 saturated carbocycles. The predicted octanol–water partition coefficient (Wildman–Crippen LogP) is 1.50. The molecule has 0 aromatic carbocycles. The van der Waals surface area contributed by atoms with Gasteiger partial charge in [-0.15, -0.1) is 0 Å². The molecule has 0 aliphatic rings. The predicted molar refractivity (Wildman–Crippen MR) is 65.8 cm³/mol. The fourth-order valence-corrected chi connectivity index (χ4v) is 1.51. The summed E-state index contributed by atoms with van der Waals surface area (Å²) < 4.78 is 36.6. The lowest BCUT2D eigenvalue weighted by Crippen LogP contribution is -2.36. The van der Waals surface area contributed by atoms with Crippen LogP contribution >= 0.6 is 0 Å². The number of carbonyl (C=O) groups excluding carboxylic acids is 1. The topological polar surface area (TPSA) is 62.2 Å². The Morgan fingerprint density at radius 3 is 2.85 bits per heavy atom. The molecule has 0 spiro atoms. The van der Waals surface area contributed by atoms with Gasteiger partial charge >= 0.3 is 6.18 Å². The quantitative estimate of drug-likeness (QED) is 0.828. The highest BCUT2D eigenvalue weighted by atomic mass is 19.4. The lowest BCUT2D eigenvalue weighted by molar-refractivity contribution is -0.138. The van der Waals surface area contributed by atoms with Crippen molar-refractivity contribution in [3.63, 3.8) is 0 Å². The molecule has 0 aliphatic heterocycles. The van der Waals surface area contributed by atoms with Crippen molar-refractivity contribution in [3.8, 4) is 11.8 Å². The zero-order valence-electron chi connectivity index (χ0n) is 10.7. The molecule has 20 heavy (non-hydrogen) atoms. The molecule has 1 atom stereocenters. The summed E-state index contributed by atoms with van der Waals surface area (Å²) >= 11 is 0. The van der Waals surface area contributed by atoms with E-state index in [1.165, 1.54) is 25.3 Å². The van der Waals surface area contributed by atoms with Gasteiger partial charge in [-0.05, 0) is 19.1 Å². The highest BCUT2D eigenvalue weighted by molar-refractivity contribution is 5.94. The van der Waals surface area contributed by atoms with Crippen LogP contribution in [-0.2, 0) is 0 Å². The molecule has 1 aromatic heterocycles. The molecule has 2 N–H and O–H groups in total. The summed E-state index contributed by atoms with van der Waals surface area (Å²) in [6, 6.07) is 1.97. The van der Waals surface area contributed by atoms with E-state index in [0.717, 1.165) is 0 Å². The zero-order valence-corrected chi connectivity index (χ0v) is 10.7. The van der Waals surface area contributed by atoms with E-state index in [1.54, 1.807) is 0 Å². The summed E-state index contributed by atoms with van der Waals surface area (Å²) in [4.78, 5) is 15.7. The first-order valence-corrected chi connectivity index (χ1v) is 5.76. The lowest BCUT2D eigenvalue weighted by Gasteiger charge is -2.15. The monoisotopic (exact) mass is 286 g/mol. The average molecular weight is 286 g/mol. The first-order valence-electron chi connectivity index (χ1n) is 5.76. The molecule has 1 unspecified atom stereocenters. The van der Waals surface area contributed by atoms with Crippen molar-refractivity contribution in [2.45, 2.75) is 25.6 Å². The van der Waals surface area contributed by atoms with Gasteiger partial charge in [0.05, 0.1) is 12.0 Å². The Kier molecular flexibility index (Phi) is 5.53. The highest BCUT2D eigenvalue weighted by Gasteiger charge is 2.31. The minimum atomic E-state index is -4.35. The zero-order chi connectivity index (χ0) is 15.2. The molecular weight excluding hydrogens is 273 g/mol. The first-order chi connectivity index (χ1) is 9.33. The van der Waals surface area contributed by atoms with Crippen LogP contribution in [0, 0.1) is 11.8 Å². The van der Waals surface area contributed by atoms with Crippen molar-refractivity contribution in [2.75, 3.05) is 6.61 Å². The Balaban J connectivity index is 2.82. The second-order valence-corrected chi connectivity index (χ2v) is 4.05. The number of nitrogens with zero attached hydrogens (tertiary/aromatic N) is 1. The average Bonchev–Trinajstić information content (AvgIpc) is 2.34. The van der Waals surface area contributed by atoms with Crippen molar-refractivity contribution in [1.82, 2.24) is 10.3 Å². The maximum atomic E-state index is 12.2. The molecule has 7 heteroatoms. The van der Waals surface area contributed by atoms with Crippen LogP contribution in [0.3, 0.4) is 0 Å². The molecule has 1 amide bonds. The Morgan fingerprint density at radius 2 is 2.25 bits per heavy atom. The number of pyridine rings is 1. The molecule has 4 nitrogen and oxygen atoms in total. The van der Waals surface area contributed by atoms with Gasteiger partial charge in [0.15, 0.2) is 0 Å². The Hall–Kier alpha value is -2.07. The maximum absolute atomic E-state index is 12.2. The summed E-state index contributed by atoms with van der Waals surface area (Å²) in [6.07, 6.45) is -4.13. The van der Waals surface area contributed by atoms with Gasteiger partial charge < -0.3 is 10.4 Å². The minimum absolute atomic E-state index is 0.0672. The number of aliphatic hydroxyl groups is 1. The van der Waals surface area contributed by atoms with Crippen LogP contribution in [0.2, 0.25) is 0 Å². The standard InChI is InChI=1S/C13H13F3N2O2/c1-9(8-13(14,15)16)18-12(20)11-10(5-3-7-19)4-2-6-17-11/h2,4,6,9,19H,7-8H2,1H3,(H,18,20). The van der Waals surface area contributed by atoms with Crippen LogP contribution < -0.4 is 5.32 Å². The van der Waals surface area contributed by atoms with Gasteiger partial charge in [-0.25, -0.2) is 4.98 Å². The van der Waals surface area contributed by atoms with Crippen LogP contribution in [-0.4, -0.2) is 34.8 Å². The van der Waals surface area contributed by atoms with Crippen molar-refractivity contribution in [1.29, 1.82) is 0 Å². The van der Waals surface area contributed by atoms with E-state index >= 15 is 0 Å². The van der Waals surface area contributed by atoms with Gasteiger partial charge in [-0.2, -0.15) is 13.2 Å². The van der Waals surface area contributed by atoms with Crippen LogP contribution in [0.5, 0.6) is 0 Å². The molecule has 0 bridgehead atoms. The molecular formula is C13H13F3N2O2. The van der Waals surface area contributed by atoms with Gasteiger partial charge in [-0.1, -0.05) is 11.8 Å². The molecule has 1 heterocycles. The Labute approximate surface area is 114 Å². The van der Waals surface area contributed by atoms with Gasteiger partial charge in [0.2, 0.25) is 0 Å². The number of halogens is 3. The van der Waals surface area contributed by atoms with Gasteiger partial charge in [-0.3, -0.25) is 4.79 Å². The highest BCUT2D eigenvalue weighted by Crippen LogP contribution is 2.21. The lowest BCUT2D eigenvalue weighted by atomic mass is 10.1. The van der Waals surface area contributed by atoms with E-state index in [-0.39, 0.29) is 17.9 Å². The number of carbonyl (C=O) groups is 1. The maximum Gasteiger partial charge on any atom is 0.391 e. The van der Waals surface area contributed by atoms with E-state index in [1.807, 2.05) is 0 Å². The van der Waals surface area contributed by atoms with Gasteiger partial charge in [0.25, 0.3) is 5.91 Å². The molecule has 108 valence electrons. The van der Waals surface area contributed by atoms with Crippen LogP contribution in [0.25, 0.3) is 0 Å². The molecule has 1 aromatic rings. The van der Waals surface area contributed by atoms with Crippen molar-refractivity contribution in [2.24, 2.45) is 0 Å². The number of nitrogens with one attached hydrogen (secondary N) is 1.